The number of nitrogens with one attached hydrogen (secondary N) is 2. The maximum atomic E-state index is 11.0. The molecule has 3 atom stereocenters. The number of rotatable bonds is 3. The SMILES string of the molecule is CC(C(=O)O)C1NC(=O)[C@H](CO)N1. The molecule has 1 amide bonds. The fourth-order valence-electron chi connectivity index (χ4n) is 1.14. The van der Waals surface area contributed by atoms with Crippen molar-refractivity contribution in [2.75, 3.05) is 6.61 Å². The van der Waals surface area contributed by atoms with Crippen molar-refractivity contribution in [1.29, 1.82) is 0 Å². The molecule has 6 heteroatoms. The lowest BCUT2D eigenvalue weighted by molar-refractivity contribution is -0.142. The molecule has 0 spiro atoms. The van der Waals surface area contributed by atoms with Gasteiger partial charge in [-0.25, -0.2) is 0 Å². The Bertz CT molecular complexity index is 231. The zero-order chi connectivity index (χ0) is 10.0. The number of carbonyl (C=O) groups excluding carboxylic acids is 1. The first-order chi connectivity index (χ1) is 6.06. The Morgan fingerprint density at radius 2 is 2.31 bits per heavy atom. The molecular formula is C7H12N2O4. The number of carboxylic acid groups (broad SMARTS) is 1. The van der Waals surface area contributed by atoms with Gasteiger partial charge in [-0.1, -0.05) is 0 Å². The lowest BCUT2D eigenvalue weighted by Gasteiger charge is -2.15. The third-order valence-electron chi connectivity index (χ3n) is 2.07. The predicted molar refractivity (Wildman–Crippen MR) is 42.7 cm³/mol. The van der Waals surface area contributed by atoms with Gasteiger partial charge >= 0.3 is 5.97 Å². The lowest BCUT2D eigenvalue weighted by Crippen LogP contribution is -2.43. The predicted octanol–water partition coefficient (Wildman–Crippen LogP) is -1.89. The summed E-state index contributed by atoms with van der Waals surface area (Å²) in [5, 5.41) is 22.5. The van der Waals surface area contributed by atoms with Gasteiger partial charge in [0, 0.05) is 0 Å². The van der Waals surface area contributed by atoms with Crippen molar-refractivity contribution in [3.05, 3.63) is 0 Å². The smallest absolute Gasteiger partial charge is 0.309 e. The Morgan fingerprint density at radius 3 is 2.69 bits per heavy atom. The highest BCUT2D eigenvalue weighted by Gasteiger charge is 2.35. The molecule has 1 aliphatic rings. The van der Waals surface area contributed by atoms with Gasteiger partial charge in [-0.15, -0.1) is 0 Å². The van der Waals surface area contributed by atoms with Crippen LogP contribution in [0, 0.1) is 5.92 Å². The number of aliphatic carboxylic acids is 1. The maximum Gasteiger partial charge on any atom is 0.309 e. The molecular weight excluding hydrogens is 176 g/mol. The maximum absolute atomic E-state index is 11.0. The van der Waals surface area contributed by atoms with Crippen LogP contribution < -0.4 is 10.6 Å². The molecule has 0 aromatic carbocycles. The number of aliphatic hydroxyl groups is 1. The van der Waals surface area contributed by atoms with Crippen LogP contribution in [0.2, 0.25) is 0 Å². The highest BCUT2D eigenvalue weighted by Crippen LogP contribution is 2.07. The van der Waals surface area contributed by atoms with E-state index in [1.807, 2.05) is 0 Å². The van der Waals surface area contributed by atoms with Gasteiger partial charge in [0.2, 0.25) is 5.91 Å². The minimum absolute atomic E-state index is 0.325. The van der Waals surface area contributed by atoms with Gasteiger partial charge in [0.05, 0.1) is 18.7 Å². The third-order valence-corrected chi connectivity index (χ3v) is 2.07. The first-order valence-corrected chi connectivity index (χ1v) is 3.96. The summed E-state index contributed by atoms with van der Waals surface area (Å²) in [5.41, 5.74) is 0. The van der Waals surface area contributed by atoms with Crippen molar-refractivity contribution in [3.8, 4) is 0 Å². The minimum atomic E-state index is -0.989. The van der Waals surface area contributed by atoms with Crippen LogP contribution in [0.5, 0.6) is 0 Å². The molecule has 4 N–H and O–H groups in total. The van der Waals surface area contributed by atoms with Crippen LogP contribution in [0.25, 0.3) is 0 Å². The van der Waals surface area contributed by atoms with Crippen LogP contribution in [0.3, 0.4) is 0 Å². The van der Waals surface area contributed by atoms with Gasteiger partial charge < -0.3 is 15.5 Å². The van der Waals surface area contributed by atoms with E-state index in [9.17, 15) is 9.59 Å². The standard InChI is InChI=1S/C7H12N2O4/c1-3(7(12)13)5-8-4(2-10)6(11)9-5/h3-5,8,10H,2H2,1H3,(H,9,11)(H,12,13)/t3?,4-,5?/m0/s1. The van der Waals surface area contributed by atoms with Crippen molar-refractivity contribution < 1.29 is 19.8 Å². The molecule has 0 aromatic rings. The van der Waals surface area contributed by atoms with Gasteiger partial charge in [-0.2, -0.15) is 0 Å². The molecule has 2 unspecified atom stereocenters. The topological polar surface area (TPSA) is 98.7 Å². The molecule has 13 heavy (non-hydrogen) atoms. The van der Waals surface area contributed by atoms with Gasteiger partial charge in [0.15, 0.2) is 0 Å². The Hall–Kier alpha value is -1.14. The summed E-state index contributed by atoms with van der Waals surface area (Å²) < 4.78 is 0. The molecule has 1 rings (SSSR count). The average molecular weight is 188 g/mol. The van der Waals surface area contributed by atoms with E-state index in [-0.39, 0.29) is 12.5 Å². The van der Waals surface area contributed by atoms with Crippen LogP contribution >= 0.6 is 0 Å². The molecule has 0 saturated carbocycles. The third kappa shape index (κ3) is 1.96. The fraction of sp³-hybridized carbons (Fsp3) is 0.714. The van der Waals surface area contributed by atoms with Crippen molar-refractivity contribution >= 4 is 11.9 Å². The number of carbonyl (C=O) groups is 2. The molecule has 1 heterocycles. The molecule has 1 fully saturated rings. The zero-order valence-electron chi connectivity index (χ0n) is 7.15. The molecule has 1 saturated heterocycles. The van der Waals surface area contributed by atoms with E-state index in [1.54, 1.807) is 0 Å². The Balaban J connectivity index is 2.57. The Kier molecular flexibility index (Phi) is 2.84. The van der Waals surface area contributed by atoms with E-state index < -0.39 is 24.1 Å². The fourth-order valence-corrected chi connectivity index (χ4v) is 1.14. The van der Waals surface area contributed by atoms with Crippen molar-refractivity contribution in [3.63, 3.8) is 0 Å². The summed E-state index contributed by atoms with van der Waals surface area (Å²) in [6, 6.07) is -0.688. The number of aliphatic hydroxyl groups excluding tert-OH is 1. The van der Waals surface area contributed by atoms with Crippen molar-refractivity contribution in [1.82, 2.24) is 10.6 Å². The quantitative estimate of drug-likeness (QED) is 0.415. The highest BCUT2D eigenvalue weighted by molar-refractivity contribution is 5.85. The molecule has 0 aliphatic carbocycles. The number of hydrogen-bond acceptors (Lipinski definition) is 4. The summed E-state index contributed by atoms with van der Waals surface area (Å²) in [7, 11) is 0. The van der Waals surface area contributed by atoms with Gasteiger partial charge in [-0.3, -0.25) is 14.9 Å². The van der Waals surface area contributed by atoms with Crippen LogP contribution in [0.15, 0.2) is 0 Å². The van der Waals surface area contributed by atoms with E-state index in [0.29, 0.717) is 0 Å². The summed E-state index contributed by atoms with van der Waals surface area (Å²) in [6.07, 6.45) is -0.595. The van der Waals surface area contributed by atoms with Gasteiger partial charge in [-0.05, 0) is 6.92 Å². The summed E-state index contributed by atoms with van der Waals surface area (Å²) in [5.74, 6) is -2.06. The van der Waals surface area contributed by atoms with Crippen LogP contribution in [0.4, 0.5) is 0 Å². The van der Waals surface area contributed by atoms with E-state index >= 15 is 0 Å². The molecule has 0 bridgehead atoms. The molecule has 6 nitrogen and oxygen atoms in total. The summed E-state index contributed by atoms with van der Waals surface area (Å²) in [6.45, 7) is 1.16. The monoisotopic (exact) mass is 188 g/mol. The molecule has 74 valence electrons. The van der Waals surface area contributed by atoms with Gasteiger partial charge in [0.1, 0.15) is 6.04 Å². The van der Waals surface area contributed by atoms with E-state index in [4.69, 9.17) is 10.2 Å². The number of carboxylic acids is 1. The second-order valence-corrected chi connectivity index (χ2v) is 3.01. The molecule has 0 radical (unpaired) electrons. The minimum Gasteiger partial charge on any atom is -0.481 e. The molecule has 0 aromatic heterocycles. The number of hydrogen-bond donors (Lipinski definition) is 4. The van der Waals surface area contributed by atoms with E-state index in [0.717, 1.165) is 0 Å². The van der Waals surface area contributed by atoms with E-state index in [2.05, 4.69) is 10.6 Å². The summed E-state index contributed by atoms with van der Waals surface area (Å²) in [4.78, 5) is 21.6. The summed E-state index contributed by atoms with van der Waals surface area (Å²) >= 11 is 0. The molecule has 1 aliphatic heterocycles. The van der Waals surface area contributed by atoms with Crippen LogP contribution in [0.1, 0.15) is 6.92 Å². The zero-order valence-corrected chi connectivity index (χ0v) is 7.15. The number of amides is 1. The van der Waals surface area contributed by atoms with Crippen LogP contribution in [-0.2, 0) is 9.59 Å². The second-order valence-electron chi connectivity index (χ2n) is 3.01. The van der Waals surface area contributed by atoms with E-state index in [1.165, 1.54) is 6.92 Å². The van der Waals surface area contributed by atoms with Crippen molar-refractivity contribution in [2.45, 2.75) is 19.1 Å². The first-order valence-electron chi connectivity index (χ1n) is 3.96. The lowest BCUT2D eigenvalue weighted by atomic mass is 10.1. The largest absolute Gasteiger partial charge is 0.481 e. The van der Waals surface area contributed by atoms with Crippen molar-refractivity contribution in [2.24, 2.45) is 5.92 Å². The Labute approximate surface area is 74.9 Å². The highest BCUT2D eigenvalue weighted by atomic mass is 16.4. The second kappa shape index (κ2) is 3.71. The first kappa shape index (κ1) is 9.94. The van der Waals surface area contributed by atoms with Crippen LogP contribution in [-0.4, -0.2) is 40.9 Å². The van der Waals surface area contributed by atoms with Gasteiger partial charge in [0.25, 0.3) is 0 Å². The Morgan fingerprint density at radius 1 is 1.69 bits per heavy atom. The average Bonchev–Trinajstić information content (AvgIpc) is 2.45. The normalized spacial score (nSPS) is 29.8.